The van der Waals surface area contributed by atoms with E-state index in [1.807, 2.05) is 0 Å². The maximum Gasteiger partial charge on any atom is 0.0352 e. The molecular formula is C4H5N. The lowest BCUT2D eigenvalue weighted by atomic mass is 10.4. The topological polar surface area (TPSA) is 23.9 Å². The Morgan fingerprint density at radius 1 is 2.00 bits per heavy atom. The second-order valence-electron chi connectivity index (χ2n) is 0.659. The van der Waals surface area contributed by atoms with Crippen LogP contribution >= 0.6 is 0 Å². The van der Waals surface area contributed by atoms with E-state index in [1.165, 1.54) is 6.08 Å². The fraction of sp³-hybridized carbons (Fsp3) is 0. The molecule has 1 nitrogen and oxygen atoms in total. The minimum Gasteiger partial charge on any atom is -0.305 e. The molecule has 0 aliphatic rings. The summed E-state index contributed by atoms with van der Waals surface area (Å²) in [7, 11) is 0. The highest BCUT2D eigenvalue weighted by molar-refractivity contribution is 5.95. The zero-order chi connectivity index (χ0) is 4.28. The molecule has 0 rings (SSSR count). The fourth-order valence-corrected chi connectivity index (χ4v) is 0. The summed E-state index contributed by atoms with van der Waals surface area (Å²) in [5, 5.41) is 6.40. The highest BCUT2D eigenvalue weighted by Gasteiger charge is 1.63. The smallest absolute Gasteiger partial charge is 0.0352 e. The Kier molecular flexibility index (Phi) is 1.50. The molecule has 26 valence electrons. The summed E-state index contributed by atoms with van der Waals surface area (Å²) in [4.78, 5) is 0. The lowest BCUT2D eigenvalue weighted by Gasteiger charge is -1.68. The highest BCUT2D eigenvalue weighted by Crippen LogP contribution is 1.61. The zero-order valence-electron chi connectivity index (χ0n) is 2.86. The zero-order valence-corrected chi connectivity index (χ0v) is 2.86. The van der Waals surface area contributed by atoms with Crippen molar-refractivity contribution in [3.05, 3.63) is 19.6 Å². The molecule has 0 aromatic carbocycles. The Labute approximate surface area is 31.8 Å². The van der Waals surface area contributed by atoms with Gasteiger partial charge in [0.2, 0.25) is 0 Å². The summed E-state index contributed by atoms with van der Waals surface area (Å²) in [6, 6.07) is 0. The third-order valence-electron chi connectivity index (χ3n) is 0.220. The van der Waals surface area contributed by atoms with Crippen LogP contribution in [0, 0.1) is 12.3 Å². The van der Waals surface area contributed by atoms with E-state index in [0.29, 0.717) is 0 Å². The lowest BCUT2D eigenvalue weighted by Crippen LogP contribution is -1.73. The summed E-state index contributed by atoms with van der Waals surface area (Å²) in [6.07, 6.45) is 1.28. The van der Waals surface area contributed by atoms with Crippen LogP contribution in [-0.4, -0.2) is 5.71 Å². The van der Waals surface area contributed by atoms with Crippen molar-refractivity contribution in [1.29, 1.82) is 5.41 Å². The molecule has 5 heavy (non-hydrogen) atoms. The van der Waals surface area contributed by atoms with Gasteiger partial charge < -0.3 is 5.41 Å². The van der Waals surface area contributed by atoms with Gasteiger partial charge in [0.1, 0.15) is 0 Å². The third-order valence-corrected chi connectivity index (χ3v) is 0.220. The van der Waals surface area contributed by atoms with Gasteiger partial charge in [0.15, 0.2) is 0 Å². The van der Waals surface area contributed by atoms with Crippen molar-refractivity contribution < 1.29 is 0 Å². The molecule has 0 spiro atoms. The first kappa shape index (κ1) is 4.41. The van der Waals surface area contributed by atoms with E-state index in [0.717, 1.165) is 0 Å². The van der Waals surface area contributed by atoms with Gasteiger partial charge in [-0.3, -0.25) is 0 Å². The van der Waals surface area contributed by atoms with Gasteiger partial charge in [0.05, 0.1) is 0 Å². The molecule has 0 aromatic rings. The number of hydrogen-bond acceptors (Lipinski definition) is 1. The Morgan fingerprint density at radius 3 is 2.20 bits per heavy atom. The van der Waals surface area contributed by atoms with Gasteiger partial charge in [-0.25, -0.2) is 0 Å². The third kappa shape index (κ3) is 3.41. The SMILES string of the molecule is [CH]C(=N)C=C. The average molecular weight is 67.1 g/mol. The van der Waals surface area contributed by atoms with E-state index in [9.17, 15) is 0 Å². The standard InChI is InChI=1S/C4H5N/c1-3-4(2)5/h2-3,5H,1H2. The van der Waals surface area contributed by atoms with E-state index < -0.39 is 0 Å². The molecule has 0 unspecified atom stereocenters. The summed E-state index contributed by atoms with van der Waals surface area (Å²) in [6.45, 7) is 7.97. The number of allylic oxidation sites excluding steroid dienone is 1. The fourth-order valence-electron chi connectivity index (χ4n) is 0. The van der Waals surface area contributed by atoms with Crippen LogP contribution in [0.1, 0.15) is 0 Å². The van der Waals surface area contributed by atoms with Crippen molar-refractivity contribution in [1.82, 2.24) is 0 Å². The van der Waals surface area contributed by atoms with Gasteiger partial charge in [-0.05, 0) is 6.08 Å². The molecule has 0 aliphatic carbocycles. The molecule has 0 bridgehead atoms. The molecule has 0 amide bonds. The monoisotopic (exact) mass is 67.0 g/mol. The van der Waals surface area contributed by atoms with Gasteiger partial charge in [0, 0.05) is 12.6 Å². The Morgan fingerprint density at radius 2 is 2.20 bits per heavy atom. The molecule has 0 aromatic heterocycles. The maximum absolute atomic E-state index is 6.40. The minimum atomic E-state index is 0.0185. The normalized spacial score (nSPS) is 6.60. The molecule has 0 fully saturated rings. The first-order chi connectivity index (χ1) is 2.27. The molecule has 0 saturated heterocycles. The van der Waals surface area contributed by atoms with Gasteiger partial charge in [-0.1, -0.05) is 6.58 Å². The maximum atomic E-state index is 6.40. The van der Waals surface area contributed by atoms with Crippen LogP contribution in [-0.2, 0) is 0 Å². The Hall–Kier alpha value is -0.590. The number of nitrogens with one attached hydrogen (secondary N) is 1. The summed E-state index contributed by atoms with van der Waals surface area (Å²) >= 11 is 0. The van der Waals surface area contributed by atoms with Crippen molar-refractivity contribution >= 4 is 5.71 Å². The second-order valence-corrected chi connectivity index (χ2v) is 0.659. The van der Waals surface area contributed by atoms with Gasteiger partial charge in [-0.2, -0.15) is 0 Å². The number of rotatable bonds is 1. The van der Waals surface area contributed by atoms with Crippen LogP contribution in [0.15, 0.2) is 12.7 Å². The van der Waals surface area contributed by atoms with E-state index in [-0.39, 0.29) is 5.71 Å². The van der Waals surface area contributed by atoms with E-state index in [2.05, 4.69) is 6.58 Å². The molecule has 0 atom stereocenters. The second kappa shape index (κ2) is 1.70. The van der Waals surface area contributed by atoms with Crippen molar-refractivity contribution in [2.75, 3.05) is 0 Å². The molecule has 2 radical (unpaired) electrons. The predicted octanol–water partition coefficient (Wildman–Crippen LogP) is 0.903. The van der Waals surface area contributed by atoms with Crippen molar-refractivity contribution in [2.24, 2.45) is 0 Å². The van der Waals surface area contributed by atoms with Gasteiger partial charge in [0.25, 0.3) is 0 Å². The van der Waals surface area contributed by atoms with Crippen LogP contribution in [0.2, 0.25) is 0 Å². The first-order valence-electron chi connectivity index (χ1n) is 1.24. The Balaban J connectivity index is 3.20. The summed E-state index contributed by atoms with van der Waals surface area (Å²) in [5.41, 5.74) is 0.0185. The van der Waals surface area contributed by atoms with E-state index in [1.54, 1.807) is 0 Å². The van der Waals surface area contributed by atoms with Crippen molar-refractivity contribution in [3.8, 4) is 0 Å². The van der Waals surface area contributed by atoms with Gasteiger partial charge in [-0.15, -0.1) is 0 Å². The van der Waals surface area contributed by atoms with Crippen molar-refractivity contribution in [2.45, 2.75) is 0 Å². The summed E-state index contributed by atoms with van der Waals surface area (Å²) in [5.74, 6) is 0. The molecule has 0 saturated carbocycles. The molecule has 1 N–H and O–H groups in total. The van der Waals surface area contributed by atoms with Crippen LogP contribution < -0.4 is 0 Å². The highest BCUT2D eigenvalue weighted by atomic mass is 14.4. The predicted molar refractivity (Wildman–Crippen MR) is 22.2 cm³/mol. The van der Waals surface area contributed by atoms with Crippen LogP contribution in [0.3, 0.4) is 0 Å². The lowest BCUT2D eigenvalue weighted by molar-refractivity contribution is 1.54. The molecular weight excluding hydrogens is 62.1 g/mol. The summed E-state index contributed by atoms with van der Waals surface area (Å²) < 4.78 is 0. The molecule has 0 aliphatic heterocycles. The van der Waals surface area contributed by atoms with Crippen molar-refractivity contribution in [3.63, 3.8) is 0 Å². The van der Waals surface area contributed by atoms with Crippen LogP contribution in [0.25, 0.3) is 0 Å². The largest absolute Gasteiger partial charge is 0.305 e. The first-order valence-corrected chi connectivity index (χ1v) is 1.24. The van der Waals surface area contributed by atoms with E-state index >= 15 is 0 Å². The number of hydrogen-bond donors (Lipinski definition) is 1. The van der Waals surface area contributed by atoms with Gasteiger partial charge >= 0.3 is 0 Å². The average Bonchev–Trinajstić information content (AvgIpc) is 1.38. The quantitative estimate of drug-likeness (QED) is 0.441. The van der Waals surface area contributed by atoms with Crippen LogP contribution in [0.4, 0.5) is 0 Å². The molecule has 1 heteroatoms. The van der Waals surface area contributed by atoms with Crippen LogP contribution in [0.5, 0.6) is 0 Å². The minimum absolute atomic E-state index is 0.0185. The molecule has 0 heterocycles. The van der Waals surface area contributed by atoms with E-state index in [4.69, 9.17) is 12.3 Å². The Bertz CT molecular complexity index is 54.7.